The van der Waals surface area contributed by atoms with Gasteiger partial charge in [-0.1, -0.05) is 24.3 Å². The predicted octanol–water partition coefficient (Wildman–Crippen LogP) is 1.77. The second kappa shape index (κ2) is 6.13. The number of benzene rings is 1. The molecular weight excluding hydrogens is 268 g/mol. The zero-order chi connectivity index (χ0) is 14.7. The largest absolute Gasteiger partial charge is 0.486 e. The highest BCUT2D eigenvalue weighted by atomic mass is 16.6. The summed E-state index contributed by atoms with van der Waals surface area (Å²) in [6.07, 6.45) is 2.82. The van der Waals surface area contributed by atoms with Crippen LogP contribution in [0.5, 0.6) is 11.5 Å². The van der Waals surface area contributed by atoms with Crippen LogP contribution in [-0.4, -0.2) is 35.3 Å². The van der Waals surface area contributed by atoms with E-state index in [-0.39, 0.29) is 6.04 Å². The van der Waals surface area contributed by atoms with Crippen LogP contribution < -0.4 is 14.8 Å². The number of rotatable bonds is 5. The first-order valence-corrected chi connectivity index (χ1v) is 7.29. The maximum absolute atomic E-state index is 5.82. The van der Waals surface area contributed by atoms with Crippen molar-refractivity contribution in [1.29, 1.82) is 0 Å². The van der Waals surface area contributed by atoms with Crippen LogP contribution in [0.3, 0.4) is 0 Å². The standard InChI is InChI=1S/C15H20N4O2/c1-3-7-19-12(10-17-18-19)14(16-2)11-5-4-6-13-15(11)21-9-8-20-13/h4-6,10,14,16H,3,7-9H2,1-2H3. The summed E-state index contributed by atoms with van der Waals surface area (Å²) in [6, 6.07) is 5.95. The summed E-state index contributed by atoms with van der Waals surface area (Å²) < 4.78 is 13.4. The topological polar surface area (TPSA) is 61.2 Å². The molecule has 1 atom stereocenters. The number of aromatic nitrogens is 3. The maximum atomic E-state index is 5.82. The average Bonchev–Trinajstić information content (AvgIpc) is 2.97. The van der Waals surface area contributed by atoms with Crippen LogP contribution in [0.4, 0.5) is 0 Å². The molecule has 0 saturated carbocycles. The van der Waals surface area contributed by atoms with Gasteiger partial charge >= 0.3 is 0 Å². The van der Waals surface area contributed by atoms with Gasteiger partial charge in [0.25, 0.3) is 0 Å². The van der Waals surface area contributed by atoms with Gasteiger partial charge in [0.2, 0.25) is 0 Å². The van der Waals surface area contributed by atoms with Gasteiger partial charge in [0.15, 0.2) is 11.5 Å². The Morgan fingerprint density at radius 1 is 1.33 bits per heavy atom. The van der Waals surface area contributed by atoms with Crippen LogP contribution in [0.15, 0.2) is 24.4 Å². The molecule has 0 aliphatic carbocycles. The van der Waals surface area contributed by atoms with Crippen molar-refractivity contribution in [1.82, 2.24) is 20.3 Å². The first-order chi connectivity index (χ1) is 10.3. The number of ether oxygens (including phenoxy) is 2. The Hall–Kier alpha value is -2.08. The van der Waals surface area contributed by atoms with Gasteiger partial charge < -0.3 is 14.8 Å². The van der Waals surface area contributed by atoms with Gasteiger partial charge in [0.05, 0.1) is 17.9 Å². The van der Waals surface area contributed by atoms with Crippen molar-refractivity contribution in [3.8, 4) is 11.5 Å². The number of fused-ring (bicyclic) bond motifs is 1. The van der Waals surface area contributed by atoms with Gasteiger partial charge in [-0.05, 0) is 19.5 Å². The molecule has 0 saturated heterocycles. The molecule has 112 valence electrons. The molecule has 1 N–H and O–H groups in total. The number of para-hydroxylation sites is 1. The van der Waals surface area contributed by atoms with E-state index in [0.717, 1.165) is 35.7 Å². The predicted molar refractivity (Wildman–Crippen MR) is 78.6 cm³/mol. The molecule has 3 rings (SSSR count). The summed E-state index contributed by atoms with van der Waals surface area (Å²) in [7, 11) is 1.93. The van der Waals surface area contributed by atoms with Crippen LogP contribution in [-0.2, 0) is 6.54 Å². The number of nitrogens with one attached hydrogen (secondary N) is 1. The van der Waals surface area contributed by atoms with Crippen LogP contribution in [0.1, 0.15) is 30.6 Å². The highest BCUT2D eigenvalue weighted by molar-refractivity contribution is 5.50. The van der Waals surface area contributed by atoms with E-state index in [4.69, 9.17) is 9.47 Å². The second-order valence-electron chi connectivity index (χ2n) is 4.98. The highest BCUT2D eigenvalue weighted by Gasteiger charge is 2.24. The number of nitrogens with zero attached hydrogens (tertiary/aromatic N) is 3. The van der Waals surface area contributed by atoms with Crippen molar-refractivity contribution in [2.75, 3.05) is 20.3 Å². The molecule has 0 spiro atoms. The summed E-state index contributed by atoms with van der Waals surface area (Å²) in [5.41, 5.74) is 2.08. The minimum atomic E-state index is -0.0248. The van der Waals surface area contributed by atoms with E-state index in [9.17, 15) is 0 Å². The Kier molecular flexibility index (Phi) is 4.06. The Morgan fingerprint density at radius 2 is 2.19 bits per heavy atom. The van der Waals surface area contributed by atoms with Crippen LogP contribution >= 0.6 is 0 Å². The zero-order valence-electron chi connectivity index (χ0n) is 12.4. The van der Waals surface area contributed by atoms with E-state index in [1.807, 2.05) is 23.9 Å². The third kappa shape index (κ3) is 2.58. The third-order valence-electron chi connectivity index (χ3n) is 3.58. The first kappa shape index (κ1) is 13.9. The lowest BCUT2D eigenvalue weighted by Crippen LogP contribution is -2.24. The molecular formula is C15H20N4O2. The molecule has 2 aromatic rings. The fourth-order valence-corrected chi connectivity index (χ4v) is 2.66. The van der Waals surface area contributed by atoms with Gasteiger partial charge in [-0.25, -0.2) is 4.68 Å². The SMILES string of the molecule is CCCn1nncc1C(NC)c1cccc2c1OCCO2. The van der Waals surface area contributed by atoms with Crippen LogP contribution in [0.2, 0.25) is 0 Å². The second-order valence-corrected chi connectivity index (χ2v) is 4.98. The Bertz CT molecular complexity index is 611. The van der Waals surface area contributed by atoms with Crippen molar-refractivity contribution in [2.24, 2.45) is 0 Å². The third-order valence-corrected chi connectivity index (χ3v) is 3.58. The quantitative estimate of drug-likeness (QED) is 0.908. The van der Waals surface area contributed by atoms with Gasteiger partial charge in [-0.2, -0.15) is 0 Å². The smallest absolute Gasteiger partial charge is 0.166 e. The van der Waals surface area contributed by atoms with E-state index < -0.39 is 0 Å². The molecule has 1 aliphatic heterocycles. The monoisotopic (exact) mass is 288 g/mol. The van der Waals surface area contributed by atoms with Crippen LogP contribution in [0.25, 0.3) is 0 Å². The number of hydrogen-bond donors (Lipinski definition) is 1. The zero-order valence-corrected chi connectivity index (χ0v) is 12.4. The molecule has 0 fully saturated rings. The minimum absolute atomic E-state index is 0.0248. The normalized spacial score (nSPS) is 15.0. The molecule has 1 aliphatic rings. The van der Waals surface area contributed by atoms with Gasteiger partial charge in [-0.3, -0.25) is 0 Å². The molecule has 1 aromatic carbocycles. The molecule has 6 nitrogen and oxygen atoms in total. The van der Waals surface area contributed by atoms with Crippen molar-refractivity contribution in [2.45, 2.75) is 25.9 Å². The summed E-state index contributed by atoms with van der Waals surface area (Å²) in [6.45, 7) is 4.14. The van der Waals surface area contributed by atoms with E-state index >= 15 is 0 Å². The summed E-state index contributed by atoms with van der Waals surface area (Å²) >= 11 is 0. The molecule has 0 amide bonds. The molecule has 21 heavy (non-hydrogen) atoms. The molecule has 0 bridgehead atoms. The lowest BCUT2D eigenvalue weighted by molar-refractivity contribution is 0.169. The van der Waals surface area contributed by atoms with Crippen molar-refractivity contribution in [3.63, 3.8) is 0 Å². The highest BCUT2D eigenvalue weighted by Crippen LogP contribution is 2.38. The van der Waals surface area contributed by atoms with E-state index in [1.54, 1.807) is 6.20 Å². The average molecular weight is 288 g/mol. The number of aryl methyl sites for hydroxylation is 1. The summed E-state index contributed by atoms with van der Waals surface area (Å²) in [5, 5.41) is 11.5. The molecule has 1 aromatic heterocycles. The van der Waals surface area contributed by atoms with E-state index in [2.05, 4.69) is 28.6 Å². The van der Waals surface area contributed by atoms with E-state index in [1.165, 1.54) is 0 Å². The fourth-order valence-electron chi connectivity index (χ4n) is 2.66. The lowest BCUT2D eigenvalue weighted by atomic mass is 10.0. The van der Waals surface area contributed by atoms with Crippen LogP contribution in [0, 0.1) is 0 Å². The first-order valence-electron chi connectivity index (χ1n) is 7.29. The Morgan fingerprint density at radius 3 is 3.00 bits per heavy atom. The molecule has 1 unspecified atom stereocenters. The summed E-state index contributed by atoms with van der Waals surface area (Å²) in [5.74, 6) is 1.61. The van der Waals surface area contributed by atoms with E-state index in [0.29, 0.717) is 13.2 Å². The van der Waals surface area contributed by atoms with Crippen molar-refractivity contribution < 1.29 is 9.47 Å². The summed E-state index contributed by atoms with van der Waals surface area (Å²) in [4.78, 5) is 0. The Labute approximate surface area is 124 Å². The Balaban J connectivity index is 2.02. The molecule has 2 heterocycles. The molecule has 0 radical (unpaired) electrons. The van der Waals surface area contributed by atoms with Crippen molar-refractivity contribution in [3.05, 3.63) is 35.7 Å². The van der Waals surface area contributed by atoms with Crippen molar-refractivity contribution >= 4 is 0 Å². The maximum Gasteiger partial charge on any atom is 0.166 e. The van der Waals surface area contributed by atoms with Gasteiger partial charge in [-0.15, -0.1) is 5.10 Å². The number of hydrogen-bond acceptors (Lipinski definition) is 5. The molecule has 6 heteroatoms. The minimum Gasteiger partial charge on any atom is -0.486 e. The fraction of sp³-hybridized carbons (Fsp3) is 0.467. The lowest BCUT2D eigenvalue weighted by Gasteiger charge is -2.25. The van der Waals surface area contributed by atoms with Gasteiger partial charge in [0.1, 0.15) is 13.2 Å². The van der Waals surface area contributed by atoms with Gasteiger partial charge in [0, 0.05) is 12.1 Å².